The van der Waals surface area contributed by atoms with Crippen molar-refractivity contribution in [3.8, 4) is 0 Å². The molecule has 1 N–H and O–H groups in total. The zero-order valence-electron chi connectivity index (χ0n) is 8.71. The molecule has 0 radical (unpaired) electrons. The number of aliphatic hydroxyl groups is 1. The number of aromatic nitrogens is 1. The summed E-state index contributed by atoms with van der Waals surface area (Å²) in [5.41, 5.74) is 1.07. The summed E-state index contributed by atoms with van der Waals surface area (Å²) in [7, 11) is 0. The van der Waals surface area contributed by atoms with E-state index < -0.39 is 6.29 Å². The van der Waals surface area contributed by atoms with E-state index in [1.165, 1.54) is 0 Å². The molecule has 0 aliphatic heterocycles. The van der Waals surface area contributed by atoms with Crippen LogP contribution >= 0.6 is 0 Å². The van der Waals surface area contributed by atoms with Gasteiger partial charge < -0.3 is 9.84 Å². The SMILES string of the molecule is CCOC(O)/C=C/C=C/c1ccncc1. The average Bonchev–Trinajstić information content (AvgIpc) is 2.26. The Balaban J connectivity index is 2.40. The standard InChI is InChI=1S/C12H15NO2/c1-2-15-12(14)6-4-3-5-11-7-9-13-10-8-11/h3-10,12,14H,2H2,1H3/b5-3+,6-4+. The maximum absolute atomic E-state index is 9.19. The molecule has 1 rings (SSSR count). The lowest BCUT2D eigenvalue weighted by Crippen LogP contribution is -2.06. The van der Waals surface area contributed by atoms with Gasteiger partial charge >= 0.3 is 0 Å². The molecule has 80 valence electrons. The minimum atomic E-state index is -0.822. The first-order chi connectivity index (χ1) is 7.33. The molecule has 0 saturated heterocycles. The van der Waals surface area contributed by atoms with Gasteiger partial charge in [0.2, 0.25) is 0 Å². The van der Waals surface area contributed by atoms with Crippen molar-refractivity contribution in [3.63, 3.8) is 0 Å². The van der Waals surface area contributed by atoms with Crippen LogP contribution in [-0.4, -0.2) is 23.0 Å². The van der Waals surface area contributed by atoms with E-state index in [1.807, 2.05) is 31.2 Å². The number of nitrogens with zero attached hydrogens (tertiary/aromatic N) is 1. The van der Waals surface area contributed by atoms with Crippen LogP contribution in [0.5, 0.6) is 0 Å². The van der Waals surface area contributed by atoms with E-state index in [0.717, 1.165) is 5.56 Å². The van der Waals surface area contributed by atoms with Crippen molar-refractivity contribution >= 4 is 6.08 Å². The van der Waals surface area contributed by atoms with Crippen molar-refractivity contribution in [1.29, 1.82) is 0 Å². The molecule has 1 heterocycles. The zero-order valence-corrected chi connectivity index (χ0v) is 8.71. The molecule has 0 aliphatic rings. The Kier molecular flexibility index (Phi) is 5.37. The van der Waals surface area contributed by atoms with E-state index in [-0.39, 0.29) is 0 Å². The van der Waals surface area contributed by atoms with Gasteiger partial charge in [-0.2, -0.15) is 0 Å². The van der Waals surface area contributed by atoms with Gasteiger partial charge in [-0.05, 0) is 30.7 Å². The summed E-state index contributed by atoms with van der Waals surface area (Å²) in [6, 6.07) is 3.81. The van der Waals surface area contributed by atoms with Gasteiger partial charge in [-0.15, -0.1) is 0 Å². The molecule has 1 unspecified atom stereocenters. The van der Waals surface area contributed by atoms with Crippen LogP contribution in [0.4, 0.5) is 0 Å². The molecule has 0 aromatic carbocycles. The summed E-state index contributed by atoms with van der Waals surface area (Å²) in [5.74, 6) is 0. The van der Waals surface area contributed by atoms with Gasteiger partial charge in [-0.25, -0.2) is 0 Å². The third kappa shape index (κ3) is 5.10. The first-order valence-electron chi connectivity index (χ1n) is 4.87. The molecule has 0 aliphatic carbocycles. The molecule has 0 fully saturated rings. The summed E-state index contributed by atoms with van der Waals surface area (Å²) in [4.78, 5) is 3.91. The van der Waals surface area contributed by atoms with Crippen molar-refractivity contribution in [2.75, 3.05) is 6.61 Å². The van der Waals surface area contributed by atoms with Crippen LogP contribution in [0.15, 0.2) is 42.8 Å². The Labute approximate surface area is 89.7 Å². The van der Waals surface area contributed by atoms with E-state index >= 15 is 0 Å². The highest BCUT2D eigenvalue weighted by atomic mass is 16.6. The Bertz CT molecular complexity index is 320. The smallest absolute Gasteiger partial charge is 0.174 e. The molecule has 0 spiro atoms. The fourth-order valence-electron chi connectivity index (χ4n) is 1.03. The molecule has 15 heavy (non-hydrogen) atoms. The highest BCUT2D eigenvalue weighted by Gasteiger charge is 1.92. The second-order valence-electron chi connectivity index (χ2n) is 2.87. The van der Waals surface area contributed by atoms with Crippen LogP contribution in [0.1, 0.15) is 12.5 Å². The second-order valence-corrected chi connectivity index (χ2v) is 2.87. The van der Waals surface area contributed by atoms with Crippen LogP contribution in [0.2, 0.25) is 0 Å². The summed E-state index contributed by atoms with van der Waals surface area (Å²) >= 11 is 0. The number of hydrogen-bond donors (Lipinski definition) is 1. The average molecular weight is 205 g/mol. The molecule has 0 amide bonds. The lowest BCUT2D eigenvalue weighted by molar-refractivity contribution is -0.0586. The Morgan fingerprint density at radius 1 is 1.40 bits per heavy atom. The molecule has 1 aromatic rings. The fraction of sp³-hybridized carbons (Fsp3) is 0.250. The van der Waals surface area contributed by atoms with E-state index in [4.69, 9.17) is 4.74 Å². The van der Waals surface area contributed by atoms with E-state index in [1.54, 1.807) is 24.5 Å². The number of ether oxygens (including phenoxy) is 1. The van der Waals surface area contributed by atoms with Crippen LogP contribution in [0.3, 0.4) is 0 Å². The van der Waals surface area contributed by atoms with Crippen molar-refractivity contribution in [2.24, 2.45) is 0 Å². The molecule has 1 atom stereocenters. The second kappa shape index (κ2) is 6.92. The van der Waals surface area contributed by atoms with Crippen molar-refractivity contribution < 1.29 is 9.84 Å². The minimum absolute atomic E-state index is 0.500. The summed E-state index contributed by atoms with van der Waals surface area (Å²) in [6.07, 6.45) is 9.75. The summed E-state index contributed by atoms with van der Waals surface area (Å²) < 4.78 is 4.92. The molecule has 1 aromatic heterocycles. The number of allylic oxidation sites excluding steroid dienone is 2. The Morgan fingerprint density at radius 3 is 2.80 bits per heavy atom. The summed E-state index contributed by atoms with van der Waals surface area (Å²) in [6.45, 7) is 2.34. The van der Waals surface area contributed by atoms with Crippen molar-refractivity contribution in [3.05, 3.63) is 48.3 Å². The largest absolute Gasteiger partial charge is 0.365 e. The highest BCUT2D eigenvalue weighted by molar-refractivity contribution is 5.49. The van der Waals surface area contributed by atoms with Crippen molar-refractivity contribution in [2.45, 2.75) is 13.2 Å². The topological polar surface area (TPSA) is 42.4 Å². The molecule has 3 nitrogen and oxygen atoms in total. The van der Waals surface area contributed by atoms with Gasteiger partial charge in [0, 0.05) is 19.0 Å². The van der Waals surface area contributed by atoms with Gasteiger partial charge in [-0.1, -0.05) is 18.2 Å². The highest BCUT2D eigenvalue weighted by Crippen LogP contribution is 1.99. The van der Waals surface area contributed by atoms with Crippen LogP contribution in [0, 0.1) is 0 Å². The lowest BCUT2D eigenvalue weighted by atomic mass is 10.2. The first-order valence-corrected chi connectivity index (χ1v) is 4.87. The normalized spacial score (nSPS) is 13.7. The zero-order chi connectivity index (χ0) is 10.9. The van der Waals surface area contributed by atoms with Gasteiger partial charge in [0.15, 0.2) is 6.29 Å². The molecule has 3 heteroatoms. The first kappa shape index (κ1) is 11.6. The molecular formula is C12H15NO2. The Morgan fingerprint density at radius 2 is 2.13 bits per heavy atom. The number of rotatable bonds is 5. The van der Waals surface area contributed by atoms with Gasteiger partial charge in [0.05, 0.1) is 0 Å². The molecule has 0 bridgehead atoms. The van der Waals surface area contributed by atoms with E-state index in [2.05, 4.69) is 4.98 Å². The van der Waals surface area contributed by atoms with Gasteiger partial charge in [-0.3, -0.25) is 4.98 Å². The predicted molar refractivity (Wildman–Crippen MR) is 60.0 cm³/mol. The predicted octanol–water partition coefficient (Wildman–Crippen LogP) is 2.01. The monoisotopic (exact) mass is 205 g/mol. The lowest BCUT2D eigenvalue weighted by Gasteiger charge is -2.02. The minimum Gasteiger partial charge on any atom is -0.365 e. The quantitative estimate of drug-likeness (QED) is 0.590. The van der Waals surface area contributed by atoms with Gasteiger partial charge in [0.1, 0.15) is 0 Å². The van der Waals surface area contributed by atoms with E-state index in [0.29, 0.717) is 6.61 Å². The number of hydrogen-bond acceptors (Lipinski definition) is 3. The number of aliphatic hydroxyl groups excluding tert-OH is 1. The maximum Gasteiger partial charge on any atom is 0.174 e. The molecular weight excluding hydrogens is 190 g/mol. The van der Waals surface area contributed by atoms with E-state index in [9.17, 15) is 5.11 Å². The third-order valence-electron chi connectivity index (χ3n) is 1.72. The van der Waals surface area contributed by atoms with Crippen molar-refractivity contribution in [1.82, 2.24) is 4.98 Å². The molecule has 0 saturated carbocycles. The summed E-state index contributed by atoms with van der Waals surface area (Å²) in [5, 5.41) is 9.19. The number of pyridine rings is 1. The third-order valence-corrected chi connectivity index (χ3v) is 1.72. The Hall–Kier alpha value is -1.45. The fourth-order valence-corrected chi connectivity index (χ4v) is 1.03. The van der Waals surface area contributed by atoms with Crippen LogP contribution in [0.25, 0.3) is 6.08 Å². The van der Waals surface area contributed by atoms with Crippen LogP contribution in [-0.2, 0) is 4.74 Å². The maximum atomic E-state index is 9.19. The van der Waals surface area contributed by atoms with Gasteiger partial charge in [0.25, 0.3) is 0 Å². The van der Waals surface area contributed by atoms with Crippen LogP contribution < -0.4 is 0 Å².